The van der Waals surface area contributed by atoms with Crippen molar-refractivity contribution in [3.05, 3.63) is 47.1 Å². The van der Waals surface area contributed by atoms with E-state index >= 15 is 0 Å². The van der Waals surface area contributed by atoms with E-state index in [0.717, 1.165) is 57.1 Å². The number of ether oxygens (including phenoxy) is 1. The Labute approximate surface area is 188 Å². The van der Waals surface area contributed by atoms with Crippen molar-refractivity contribution in [1.29, 1.82) is 0 Å². The van der Waals surface area contributed by atoms with Gasteiger partial charge in [0.1, 0.15) is 5.82 Å². The summed E-state index contributed by atoms with van der Waals surface area (Å²) in [6.45, 7) is 8.16. The number of hydrogen-bond donors (Lipinski definition) is 2. The number of hydrogen-bond acceptors (Lipinski definition) is 5. The summed E-state index contributed by atoms with van der Waals surface area (Å²) in [7, 11) is 0. The van der Waals surface area contributed by atoms with Gasteiger partial charge >= 0.3 is 0 Å². The van der Waals surface area contributed by atoms with Crippen LogP contribution in [0.3, 0.4) is 0 Å². The van der Waals surface area contributed by atoms with Crippen LogP contribution in [0.25, 0.3) is 0 Å². The number of nitrogens with one attached hydrogen (secondary N) is 2. The fraction of sp³-hybridized carbons (Fsp3) is 0.522. The van der Waals surface area contributed by atoms with Gasteiger partial charge in [-0.2, -0.15) is 0 Å². The van der Waals surface area contributed by atoms with Gasteiger partial charge in [-0.25, -0.2) is 9.38 Å². The number of halogens is 1. The highest BCUT2D eigenvalue weighted by molar-refractivity contribution is 7.14. The van der Waals surface area contributed by atoms with E-state index in [4.69, 9.17) is 9.73 Å². The minimum Gasteiger partial charge on any atom is -0.378 e. The Morgan fingerprint density at radius 3 is 2.65 bits per heavy atom. The van der Waals surface area contributed by atoms with Crippen LogP contribution < -0.4 is 20.4 Å². The number of benzene rings is 1. The molecule has 4 rings (SSSR count). The van der Waals surface area contributed by atoms with E-state index in [0.29, 0.717) is 31.5 Å². The Balaban J connectivity index is 1.33. The summed E-state index contributed by atoms with van der Waals surface area (Å²) in [4.78, 5) is 9.20. The lowest BCUT2D eigenvalue weighted by molar-refractivity contribution is 0.122. The van der Waals surface area contributed by atoms with Gasteiger partial charge in [-0.1, -0.05) is 6.07 Å². The Bertz CT molecular complexity index is 846. The molecule has 0 atom stereocenters. The van der Waals surface area contributed by atoms with Crippen LogP contribution in [0, 0.1) is 5.82 Å². The molecule has 2 fully saturated rings. The highest BCUT2D eigenvalue weighted by atomic mass is 32.1. The molecule has 1 aromatic carbocycles. The smallest absolute Gasteiger partial charge is 0.191 e. The van der Waals surface area contributed by atoms with Crippen molar-refractivity contribution in [2.24, 2.45) is 4.99 Å². The lowest BCUT2D eigenvalue weighted by atomic mass is 10.1. The van der Waals surface area contributed by atoms with E-state index in [1.165, 1.54) is 5.00 Å². The molecule has 2 aliphatic heterocycles. The quantitative estimate of drug-likeness (QED) is 0.527. The monoisotopic (exact) mass is 445 g/mol. The van der Waals surface area contributed by atoms with E-state index in [1.54, 1.807) is 17.4 Å². The second-order valence-corrected chi connectivity index (χ2v) is 8.86. The molecule has 3 heterocycles. The Morgan fingerprint density at radius 1 is 1.16 bits per heavy atom. The molecular formula is C23H32FN5OS. The van der Waals surface area contributed by atoms with E-state index in [-0.39, 0.29) is 5.82 Å². The Hall–Kier alpha value is -2.32. The molecule has 0 radical (unpaired) electrons. The van der Waals surface area contributed by atoms with E-state index in [1.807, 2.05) is 17.0 Å². The predicted molar refractivity (Wildman–Crippen MR) is 127 cm³/mol. The summed E-state index contributed by atoms with van der Waals surface area (Å²) in [6, 6.07) is 10.1. The summed E-state index contributed by atoms with van der Waals surface area (Å²) in [5.74, 6) is 0.614. The number of aliphatic imine (C=N–C) groups is 1. The number of nitrogens with zero attached hydrogens (tertiary/aromatic N) is 3. The molecule has 31 heavy (non-hydrogen) atoms. The van der Waals surface area contributed by atoms with Crippen LogP contribution in [0.15, 0.2) is 40.7 Å². The molecule has 0 saturated carbocycles. The number of thiophene rings is 1. The Morgan fingerprint density at radius 2 is 1.97 bits per heavy atom. The van der Waals surface area contributed by atoms with Crippen LogP contribution in [-0.4, -0.2) is 57.9 Å². The largest absolute Gasteiger partial charge is 0.378 e. The number of morpholine rings is 1. The third-order valence-electron chi connectivity index (χ3n) is 5.78. The summed E-state index contributed by atoms with van der Waals surface area (Å²) < 4.78 is 20.0. The van der Waals surface area contributed by atoms with Gasteiger partial charge < -0.3 is 25.2 Å². The number of piperidine rings is 1. The fourth-order valence-corrected chi connectivity index (χ4v) is 4.87. The van der Waals surface area contributed by atoms with Gasteiger partial charge in [0.05, 0.1) is 30.4 Å². The minimum atomic E-state index is -0.187. The van der Waals surface area contributed by atoms with Crippen molar-refractivity contribution >= 4 is 28.0 Å². The van der Waals surface area contributed by atoms with Crippen molar-refractivity contribution in [2.45, 2.75) is 32.4 Å². The van der Waals surface area contributed by atoms with Gasteiger partial charge in [-0.3, -0.25) is 0 Å². The van der Waals surface area contributed by atoms with Crippen LogP contribution in [0.4, 0.5) is 15.1 Å². The van der Waals surface area contributed by atoms with Crippen LogP contribution in [-0.2, 0) is 11.3 Å². The first kappa shape index (κ1) is 21.9. The van der Waals surface area contributed by atoms with Crippen molar-refractivity contribution < 1.29 is 9.13 Å². The normalized spacial score (nSPS) is 18.3. The van der Waals surface area contributed by atoms with E-state index in [2.05, 4.69) is 40.0 Å². The van der Waals surface area contributed by atoms with Crippen LogP contribution >= 0.6 is 11.3 Å². The standard InChI is InChI=1S/C23H32FN5OS/c1-2-25-23(27-19-7-9-29(10-8-19)22-4-3-15-31-22)26-17-18-5-6-21(20(24)16-18)28-11-13-30-14-12-28/h3-6,15-16,19H,2,7-14,17H2,1H3,(H2,25,26,27). The van der Waals surface area contributed by atoms with Crippen molar-refractivity contribution in [3.8, 4) is 0 Å². The molecule has 1 aromatic heterocycles. The van der Waals surface area contributed by atoms with Gasteiger partial charge in [0.2, 0.25) is 0 Å². The van der Waals surface area contributed by atoms with Crippen LogP contribution in [0.5, 0.6) is 0 Å². The second-order valence-electron chi connectivity index (χ2n) is 7.94. The number of anilines is 2. The molecule has 0 amide bonds. The molecule has 2 aliphatic rings. The average Bonchev–Trinajstić information content (AvgIpc) is 3.34. The first-order valence-electron chi connectivity index (χ1n) is 11.2. The van der Waals surface area contributed by atoms with Crippen molar-refractivity contribution in [3.63, 3.8) is 0 Å². The molecule has 2 N–H and O–H groups in total. The third-order valence-corrected chi connectivity index (χ3v) is 6.71. The summed E-state index contributed by atoms with van der Waals surface area (Å²) in [6.07, 6.45) is 2.15. The summed E-state index contributed by atoms with van der Waals surface area (Å²) in [5.41, 5.74) is 1.53. The molecular weight excluding hydrogens is 413 g/mol. The third kappa shape index (κ3) is 5.89. The first-order valence-corrected chi connectivity index (χ1v) is 12.1. The van der Waals surface area contributed by atoms with E-state index < -0.39 is 0 Å². The zero-order valence-electron chi connectivity index (χ0n) is 18.1. The molecule has 0 unspecified atom stereocenters. The highest BCUT2D eigenvalue weighted by Crippen LogP contribution is 2.25. The highest BCUT2D eigenvalue weighted by Gasteiger charge is 2.21. The SMILES string of the molecule is CCNC(=NCc1ccc(N2CCOCC2)c(F)c1)NC1CCN(c2cccs2)CC1. The van der Waals surface area contributed by atoms with Crippen LogP contribution in [0.1, 0.15) is 25.3 Å². The average molecular weight is 446 g/mol. The van der Waals surface area contributed by atoms with Gasteiger partial charge in [0.15, 0.2) is 5.96 Å². The lowest BCUT2D eigenvalue weighted by Crippen LogP contribution is -2.48. The molecule has 2 saturated heterocycles. The van der Waals surface area contributed by atoms with Gasteiger partial charge in [-0.05, 0) is 55.0 Å². The molecule has 2 aromatic rings. The number of rotatable bonds is 6. The Kier molecular flexibility index (Phi) is 7.64. The zero-order chi connectivity index (χ0) is 21.5. The molecule has 168 valence electrons. The minimum absolute atomic E-state index is 0.187. The molecule has 0 spiro atoms. The maximum Gasteiger partial charge on any atom is 0.191 e. The van der Waals surface area contributed by atoms with Crippen molar-refractivity contribution in [2.75, 3.05) is 55.7 Å². The van der Waals surface area contributed by atoms with E-state index in [9.17, 15) is 4.39 Å². The zero-order valence-corrected chi connectivity index (χ0v) is 19.0. The van der Waals surface area contributed by atoms with Gasteiger partial charge in [0, 0.05) is 38.8 Å². The second kappa shape index (κ2) is 10.8. The molecule has 0 aliphatic carbocycles. The maximum absolute atomic E-state index is 14.7. The summed E-state index contributed by atoms with van der Waals surface area (Å²) >= 11 is 1.80. The molecule has 8 heteroatoms. The van der Waals surface area contributed by atoms with Crippen molar-refractivity contribution in [1.82, 2.24) is 10.6 Å². The molecule has 6 nitrogen and oxygen atoms in total. The number of guanidine groups is 1. The lowest BCUT2D eigenvalue weighted by Gasteiger charge is -2.33. The van der Waals surface area contributed by atoms with Crippen LogP contribution in [0.2, 0.25) is 0 Å². The van der Waals surface area contributed by atoms with Gasteiger partial charge in [0.25, 0.3) is 0 Å². The van der Waals surface area contributed by atoms with Gasteiger partial charge in [-0.15, -0.1) is 11.3 Å². The predicted octanol–water partition coefficient (Wildman–Crippen LogP) is 3.45. The maximum atomic E-state index is 14.7. The topological polar surface area (TPSA) is 52.1 Å². The molecule has 0 bridgehead atoms. The fourth-order valence-electron chi connectivity index (χ4n) is 4.09. The first-order chi connectivity index (χ1) is 15.2. The summed E-state index contributed by atoms with van der Waals surface area (Å²) in [5, 5.41) is 10.4.